The van der Waals surface area contributed by atoms with Gasteiger partial charge in [0.25, 0.3) is 0 Å². The van der Waals surface area contributed by atoms with E-state index < -0.39 is 0 Å². The molecular weight excluding hydrogens is 248 g/mol. The Bertz CT molecular complexity index is 717. The summed E-state index contributed by atoms with van der Waals surface area (Å²) in [6.45, 7) is 0. The molecule has 3 heteroatoms. The quantitative estimate of drug-likeness (QED) is 0.699. The molecule has 0 aliphatic heterocycles. The molecule has 3 rings (SSSR count). The van der Waals surface area contributed by atoms with Crippen LogP contribution in [0.1, 0.15) is 0 Å². The van der Waals surface area contributed by atoms with Crippen LogP contribution in [-0.4, -0.2) is 9.13 Å². The Morgan fingerprint density at radius 2 is 1.00 bits per heavy atom. The minimum Gasteiger partial charge on any atom is -0.294 e. The summed E-state index contributed by atoms with van der Waals surface area (Å²) < 4.78 is 3.41. The first-order valence-electron chi connectivity index (χ1n) is 6.56. The predicted octanol–water partition coefficient (Wildman–Crippen LogP) is 3.06. The number of hydrogen-bond acceptors (Lipinski definition) is 1. The Labute approximate surface area is 117 Å². The van der Waals surface area contributed by atoms with Crippen LogP contribution in [-0.2, 0) is 14.1 Å². The third kappa shape index (κ3) is 1.88. The molecule has 1 aromatic heterocycles. The van der Waals surface area contributed by atoms with E-state index in [1.807, 2.05) is 74.8 Å². The van der Waals surface area contributed by atoms with Crippen LogP contribution in [0.2, 0.25) is 0 Å². The van der Waals surface area contributed by atoms with E-state index in [4.69, 9.17) is 0 Å². The lowest BCUT2D eigenvalue weighted by molar-refractivity contribution is 0.780. The van der Waals surface area contributed by atoms with Gasteiger partial charge in [0.15, 0.2) is 0 Å². The minimum absolute atomic E-state index is 0.0114. The summed E-state index contributed by atoms with van der Waals surface area (Å²) in [7, 11) is 3.63. The van der Waals surface area contributed by atoms with Gasteiger partial charge < -0.3 is 0 Å². The van der Waals surface area contributed by atoms with Gasteiger partial charge >= 0.3 is 5.69 Å². The van der Waals surface area contributed by atoms with E-state index in [2.05, 4.69) is 0 Å². The number of aromatic nitrogens is 2. The molecule has 0 amide bonds. The van der Waals surface area contributed by atoms with Gasteiger partial charge in [-0.15, -0.1) is 0 Å². The highest BCUT2D eigenvalue weighted by Crippen LogP contribution is 2.30. The second kappa shape index (κ2) is 4.85. The molecule has 1 heterocycles. The van der Waals surface area contributed by atoms with Crippen LogP contribution in [0.25, 0.3) is 22.5 Å². The Hall–Kier alpha value is -2.55. The van der Waals surface area contributed by atoms with Crippen LogP contribution in [0.5, 0.6) is 0 Å². The molecule has 0 atom stereocenters. The van der Waals surface area contributed by atoms with Crippen LogP contribution in [0.3, 0.4) is 0 Å². The zero-order valence-electron chi connectivity index (χ0n) is 11.6. The maximum absolute atomic E-state index is 12.3. The molecule has 0 unspecified atom stereocenters. The van der Waals surface area contributed by atoms with Gasteiger partial charge in [0.1, 0.15) is 0 Å². The van der Waals surface area contributed by atoms with E-state index in [1.54, 1.807) is 9.13 Å². The standard InChI is InChI=1S/C17H16N2O/c1-18-15(13-9-5-3-6-10-13)16(19(2)17(18)20)14-11-7-4-8-12-14/h3-12H,1-2H3. The minimum atomic E-state index is -0.0114. The first kappa shape index (κ1) is 12.5. The Kier molecular flexibility index (Phi) is 3.03. The smallest absolute Gasteiger partial charge is 0.294 e. The highest BCUT2D eigenvalue weighted by Gasteiger charge is 2.17. The molecule has 0 N–H and O–H groups in total. The maximum Gasteiger partial charge on any atom is 0.328 e. The molecule has 3 nitrogen and oxygen atoms in total. The average molecular weight is 264 g/mol. The SMILES string of the molecule is Cn1c(-c2ccccc2)c(-c2ccccc2)n(C)c1=O. The Balaban J connectivity index is 2.36. The molecule has 0 spiro atoms. The van der Waals surface area contributed by atoms with Crippen LogP contribution < -0.4 is 5.69 Å². The van der Waals surface area contributed by atoms with Gasteiger partial charge in [0.2, 0.25) is 0 Å². The summed E-state index contributed by atoms with van der Waals surface area (Å²) in [6, 6.07) is 20.0. The summed E-state index contributed by atoms with van der Waals surface area (Å²) in [5, 5.41) is 0. The van der Waals surface area contributed by atoms with Gasteiger partial charge in [-0.25, -0.2) is 4.79 Å². The van der Waals surface area contributed by atoms with E-state index in [9.17, 15) is 4.79 Å². The monoisotopic (exact) mass is 264 g/mol. The number of hydrogen-bond donors (Lipinski definition) is 0. The molecule has 3 aromatic rings. The number of imidazole rings is 1. The summed E-state index contributed by atoms with van der Waals surface area (Å²) in [5.74, 6) is 0. The fraction of sp³-hybridized carbons (Fsp3) is 0.118. The van der Waals surface area contributed by atoms with Gasteiger partial charge in [-0.1, -0.05) is 60.7 Å². The van der Waals surface area contributed by atoms with Gasteiger partial charge in [0.05, 0.1) is 11.4 Å². The Morgan fingerprint density at radius 1 is 0.650 bits per heavy atom. The van der Waals surface area contributed by atoms with E-state index in [0.29, 0.717) is 0 Å². The second-order valence-electron chi connectivity index (χ2n) is 4.83. The molecule has 0 radical (unpaired) electrons. The molecule has 0 aliphatic rings. The zero-order chi connectivity index (χ0) is 14.1. The van der Waals surface area contributed by atoms with Crippen LogP contribution in [0, 0.1) is 0 Å². The lowest BCUT2D eigenvalue weighted by Crippen LogP contribution is -2.20. The number of rotatable bonds is 2. The normalized spacial score (nSPS) is 10.7. The van der Waals surface area contributed by atoms with Crippen LogP contribution in [0.4, 0.5) is 0 Å². The molecule has 0 bridgehead atoms. The molecule has 0 saturated heterocycles. The molecule has 2 aromatic carbocycles. The second-order valence-corrected chi connectivity index (χ2v) is 4.83. The topological polar surface area (TPSA) is 26.9 Å². The van der Waals surface area contributed by atoms with Crippen molar-refractivity contribution in [2.24, 2.45) is 14.1 Å². The molecule has 20 heavy (non-hydrogen) atoms. The van der Waals surface area contributed by atoms with E-state index >= 15 is 0 Å². The number of benzene rings is 2. The first-order valence-corrected chi connectivity index (χ1v) is 6.56. The lowest BCUT2D eigenvalue weighted by atomic mass is 10.0. The van der Waals surface area contributed by atoms with E-state index in [0.717, 1.165) is 22.5 Å². The molecule has 100 valence electrons. The zero-order valence-corrected chi connectivity index (χ0v) is 11.6. The van der Waals surface area contributed by atoms with Gasteiger partial charge in [-0.05, 0) is 0 Å². The fourth-order valence-electron chi connectivity index (χ4n) is 2.59. The van der Waals surface area contributed by atoms with Gasteiger partial charge in [-0.3, -0.25) is 9.13 Å². The Morgan fingerprint density at radius 3 is 1.35 bits per heavy atom. The third-order valence-corrected chi connectivity index (χ3v) is 3.56. The highest BCUT2D eigenvalue weighted by molar-refractivity contribution is 5.79. The van der Waals surface area contributed by atoms with Crippen molar-refractivity contribution in [3.8, 4) is 22.5 Å². The first-order chi connectivity index (χ1) is 9.70. The van der Waals surface area contributed by atoms with E-state index in [1.165, 1.54) is 0 Å². The van der Waals surface area contributed by atoms with Crippen molar-refractivity contribution in [1.29, 1.82) is 0 Å². The molecule has 0 saturated carbocycles. The van der Waals surface area contributed by atoms with Crippen molar-refractivity contribution in [2.75, 3.05) is 0 Å². The van der Waals surface area contributed by atoms with E-state index in [-0.39, 0.29) is 5.69 Å². The molecule has 0 aliphatic carbocycles. The van der Waals surface area contributed by atoms with Gasteiger partial charge in [-0.2, -0.15) is 0 Å². The number of nitrogens with zero attached hydrogens (tertiary/aromatic N) is 2. The summed E-state index contributed by atoms with van der Waals surface area (Å²) in [5.41, 5.74) is 3.98. The summed E-state index contributed by atoms with van der Waals surface area (Å²) >= 11 is 0. The molecular formula is C17H16N2O. The predicted molar refractivity (Wildman–Crippen MR) is 81.5 cm³/mol. The highest BCUT2D eigenvalue weighted by atomic mass is 16.1. The summed E-state index contributed by atoms with van der Waals surface area (Å²) in [6.07, 6.45) is 0. The third-order valence-electron chi connectivity index (χ3n) is 3.56. The van der Waals surface area contributed by atoms with Crippen molar-refractivity contribution in [3.05, 3.63) is 71.1 Å². The van der Waals surface area contributed by atoms with Crippen molar-refractivity contribution < 1.29 is 0 Å². The average Bonchev–Trinajstić information content (AvgIpc) is 2.73. The van der Waals surface area contributed by atoms with Crippen LogP contribution >= 0.6 is 0 Å². The summed E-state index contributed by atoms with van der Waals surface area (Å²) in [4.78, 5) is 12.3. The van der Waals surface area contributed by atoms with Crippen molar-refractivity contribution in [2.45, 2.75) is 0 Å². The van der Waals surface area contributed by atoms with Crippen molar-refractivity contribution in [3.63, 3.8) is 0 Å². The maximum atomic E-state index is 12.3. The van der Waals surface area contributed by atoms with Crippen LogP contribution in [0.15, 0.2) is 65.5 Å². The van der Waals surface area contributed by atoms with Crippen molar-refractivity contribution in [1.82, 2.24) is 9.13 Å². The van der Waals surface area contributed by atoms with Crippen molar-refractivity contribution >= 4 is 0 Å². The fourth-order valence-corrected chi connectivity index (χ4v) is 2.59. The lowest BCUT2D eigenvalue weighted by Gasteiger charge is -2.08. The largest absolute Gasteiger partial charge is 0.328 e. The van der Waals surface area contributed by atoms with Gasteiger partial charge in [0, 0.05) is 25.2 Å². The molecule has 0 fully saturated rings.